The van der Waals surface area contributed by atoms with Gasteiger partial charge in [0.1, 0.15) is 12.3 Å². The van der Waals surface area contributed by atoms with Gasteiger partial charge in [0.05, 0.1) is 6.61 Å². The van der Waals surface area contributed by atoms with Crippen LogP contribution in [0.2, 0.25) is 5.02 Å². The molecule has 1 rings (SSSR count). The molecule has 0 aromatic heterocycles. The van der Waals surface area contributed by atoms with Crippen LogP contribution in [0.3, 0.4) is 0 Å². The Morgan fingerprint density at radius 1 is 1.37 bits per heavy atom. The van der Waals surface area contributed by atoms with Crippen LogP contribution < -0.4 is 10.1 Å². The summed E-state index contributed by atoms with van der Waals surface area (Å²) in [5.74, 6) is -0.313. The minimum Gasteiger partial charge on any atom is -0.484 e. The summed E-state index contributed by atoms with van der Waals surface area (Å²) in [4.78, 5) is 22.4. The van der Waals surface area contributed by atoms with E-state index in [1.807, 2.05) is 6.92 Å². The standard InChI is InChI=1S/C13H16ClNO4/c1-3-18-13(17)7-15-12(16)8-19-10-4-5-11(14)9(2)6-10/h4-6H,3,7-8H2,1-2H3,(H,15,16). The van der Waals surface area contributed by atoms with Crippen LogP contribution in [0, 0.1) is 6.92 Å². The first-order chi connectivity index (χ1) is 9.02. The predicted octanol–water partition coefficient (Wildman–Crippen LogP) is 1.71. The third kappa shape index (κ3) is 5.61. The quantitative estimate of drug-likeness (QED) is 0.808. The summed E-state index contributed by atoms with van der Waals surface area (Å²) in [6, 6.07) is 5.11. The molecule has 0 radical (unpaired) electrons. The first-order valence-electron chi connectivity index (χ1n) is 5.84. The van der Waals surface area contributed by atoms with Crippen molar-refractivity contribution in [2.75, 3.05) is 19.8 Å². The number of aryl methyl sites for hydroxylation is 1. The number of rotatable bonds is 6. The van der Waals surface area contributed by atoms with Crippen molar-refractivity contribution in [1.29, 1.82) is 0 Å². The lowest BCUT2D eigenvalue weighted by atomic mass is 10.2. The van der Waals surface area contributed by atoms with E-state index in [1.54, 1.807) is 25.1 Å². The van der Waals surface area contributed by atoms with Gasteiger partial charge in [-0.15, -0.1) is 0 Å². The van der Waals surface area contributed by atoms with E-state index < -0.39 is 5.97 Å². The summed E-state index contributed by atoms with van der Waals surface area (Å²) in [7, 11) is 0. The minimum atomic E-state index is -0.474. The average molecular weight is 286 g/mol. The Hall–Kier alpha value is -1.75. The molecule has 1 aromatic rings. The molecule has 0 heterocycles. The molecule has 0 aliphatic rings. The first kappa shape index (κ1) is 15.3. The maximum Gasteiger partial charge on any atom is 0.325 e. The predicted molar refractivity (Wildman–Crippen MR) is 71.3 cm³/mol. The fourth-order valence-corrected chi connectivity index (χ4v) is 1.41. The van der Waals surface area contributed by atoms with E-state index in [0.717, 1.165) is 5.56 Å². The van der Waals surface area contributed by atoms with Crippen LogP contribution in [0.25, 0.3) is 0 Å². The van der Waals surface area contributed by atoms with Crippen LogP contribution in [0.5, 0.6) is 5.75 Å². The number of ether oxygens (including phenoxy) is 2. The minimum absolute atomic E-state index is 0.157. The Morgan fingerprint density at radius 2 is 2.11 bits per heavy atom. The van der Waals surface area contributed by atoms with Crippen molar-refractivity contribution in [3.8, 4) is 5.75 Å². The second kappa shape index (κ2) is 7.63. The first-order valence-corrected chi connectivity index (χ1v) is 6.22. The van der Waals surface area contributed by atoms with Gasteiger partial charge in [-0.2, -0.15) is 0 Å². The highest BCUT2D eigenvalue weighted by Crippen LogP contribution is 2.20. The zero-order valence-corrected chi connectivity index (χ0v) is 11.6. The third-order valence-corrected chi connectivity index (χ3v) is 2.66. The molecule has 0 saturated heterocycles. The molecule has 0 aliphatic carbocycles. The van der Waals surface area contributed by atoms with Crippen LogP contribution in [0.4, 0.5) is 0 Å². The van der Waals surface area contributed by atoms with Gasteiger partial charge in [-0.25, -0.2) is 0 Å². The van der Waals surface area contributed by atoms with E-state index >= 15 is 0 Å². The molecule has 1 aromatic carbocycles. The number of esters is 1. The van der Waals surface area contributed by atoms with E-state index in [-0.39, 0.29) is 25.7 Å². The fourth-order valence-electron chi connectivity index (χ4n) is 1.29. The van der Waals surface area contributed by atoms with Gasteiger partial charge in [-0.1, -0.05) is 11.6 Å². The van der Waals surface area contributed by atoms with Crippen molar-refractivity contribution in [3.63, 3.8) is 0 Å². The van der Waals surface area contributed by atoms with Gasteiger partial charge in [0.15, 0.2) is 6.61 Å². The fraction of sp³-hybridized carbons (Fsp3) is 0.385. The van der Waals surface area contributed by atoms with Crippen molar-refractivity contribution < 1.29 is 19.1 Å². The van der Waals surface area contributed by atoms with Crippen molar-refractivity contribution >= 4 is 23.5 Å². The van der Waals surface area contributed by atoms with Crippen molar-refractivity contribution in [1.82, 2.24) is 5.32 Å². The number of halogens is 1. The Morgan fingerprint density at radius 3 is 2.74 bits per heavy atom. The Balaban J connectivity index is 2.33. The van der Waals surface area contributed by atoms with Gasteiger partial charge < -0.3 is 14.8 Å². The molecule has 0 unspecified atom stereocenters. The summed E-state index contributed by atoms with van der Waals surface area (Å²) >= 11 is 5.87. The van der Waals surface area contributed by atoms with Crippen LogP contribution in [-0.4, -0.2) is 31.6 Å². The number of hydrogen-bond acceptors (Lipinski definition) is 4. The van der Waals surface area contributed by atoms with Crippen molar-refractivity contribution in [2.24, 2.45) is 0 Å². The smallest absolute Gasteiger partial charge is 0.325 e. The summed E-state index contributed by atoms with van der Waals surface area (Å²) in [6.45, 7) is 3.51. The second-order valence-corrected chi connectivity index (χ2v) is 4.19. The maximum atomic E-state index is 11.4. The highest BCUT2D eigenvalue weighted by Gasteiger charge is 2.07. The lowest BCUT2D eigenvalue weighted by Crippen LogP contribution is -2.34. The van der Waals surface area contributed by atoms with Crippen LogP contribution in [-0.2, 0) is 14.3 Å². The molecule has 104 valence electrons. The Kier molecular flexibility index (Phi) is 6.15. The van der Waals surface area contributed by atoms with Gasteiger partial charge in [0, 0.05) is 5.02 Å². The molecule has 0 fully saturated rings. The Labute approximate surface area is 116 Å². The molecule has 1 amide bonds. The lowest BCUT2D eigenvalue weighted by Gasteiger charge is -2.08. The third-order valence-electron chi connectivity index (χ3n) is 2.23. The Bertz CT molecular complexity index is 462. The topological polar surface area (TPSA) is 64.6 Å². The molecule has 0 bridgehead atoms. The van der Waals surface area contributed by atoms with Crippen molar-refractivity contribution in [3.05, 3.63) is 28.8 Å². The number of amides is 1. The molecule has 0 atom stereocenters. The number of nitrogens with one attached hydrogen (secondary N) is 1. The second-order valence-electron chi connectivity index (χ2n) is 3.78. The molecule has 6 heteroatoms. The van der Waals surface area contributed by atoms with E-state index in [2.05, 4.69) is 10.1 Å². The maximum absolute atomic E-state index is 11.4. The van der Waals surface area contributed by atoms with Gasteiger partial charge in [-0.3, -0.25) is 9.59 Å². The van der Waals surface area contributed by atoms with Crippen LogP contribution in [0.15, 0.2) is 18.2 Å². The van der Waals surface area contributed by atoms with E-state index in [1.165, 1.54) is 0 Å². The molecule has 0 spiro atoms. The van der Waals surface area contributed by atoms with Gasteiger partial charge >= 0.3 is 5.97 Å². The SMILES string of the molecule is CCOC(=O)CNC(=O)COc1ccc(Cl)c(C)c1. The van der Waals surface area contributed by atoms with Gasteiger partial charge in [-0.05, 0) is 37.6 Å². The lowest BCUT2D eigenvalue weighted by molar-refractivity contribution is -0.143. The van der Waals surface area contributed by atoms with Crippen LogP contribution >= 0.6 is 11.6 Å². The number of hydrogen-bond donors (Lipinski definition) is 1. The summed E-state index contributed by atoms with van der Waals surface area (Å²) in [6.07, 6.45) is 0. The van der Waals surface area contributed by atoms with E-state index in [4.69, 9.17) is 16.3 Å². The van der Waals surface area contributed by atoms with Crippen molar-refractivity contribution in [2.45, 2.75) is 13.8 Å². The zero-order valence-electron chi connectivity index (χ0n) is 10.9. The molecular weight excluding hydrogens is 270 g/mol. The highest BCUT2D eigenvalue weighted by molar-refractivity contribution is 6.31. The normalized spacial score (nSPS) is 9.84. The van der Waals surface area contributed by atoms with E-state index in [0.29, 0.717) is 10.8 Å². The molecular formula is C13H16ClNO4. The molecule has 0 saturated carbocycles. The van der Waals surface area contributed by atoms with Gasteiger partial charge in [0.25, 0.3) is 5.91 Å². The molecule has 0 aliphatic heterocycles. The average Bonchev–Trinajstić information content (AvgIpc) is 2.38. The largest absolute Gasteiger partial charge is 0.484 e. The summed E-state index contributed by atoms with van der Waals surface area (Å²) in [5, 5.41) is 3.04. The molecule has 1 N–H and O–H groups in total. The zero-order chi connectivity index (χ0) is 14.3. The number of benzene rings is 1. The summed E-state index contributed by atoms with van der Waals surface area (Å²) < 4.78 is 9.95. The van der Waals surface area contributed by atoms with Crippen LogP contribution in [0.1, 0.15) is 12.5 Å². The molecule has 19 heavy (non-hydrogen) atoms. The highest BCUT2D eigenvalue weighted by atomic mass is 35.5. The number of carbonyl (C=O) groups is 2. The molecule has 5 nitrogen and oxygen atoms in total. The number of carbonyl (C=O) groups excluding carboxylic acids is 2. The van der Waals surface area contributed by atoms with E-state index in [9.17, 15) is 9.59 Å². The van der Waals surface area contributed by atoms with Gasteiger partial charge in [0.2, 0.25) is 0 Å². The summed E-state index contributed by atoms with van der Waals surface area (Å²) in [5.41, 5.74) is 0.867. The monoisotopic (exact) mass is 285 g/mol.